The molecule has 1 aromatic heterocycles. The standard InChI is InChI=1S/C18H20N2O4S2/c1-19-9-4-3-6-14(19)12-18-20(10-5-11-26(21,22)23)16-13-15(24-2)7-8-17(16)25-18/h3-4,6-9,12-13H,5,10-11H2,1-2H3/p+1. The van der Waals surface area contributed by atoms with Crippen molar-refractivity contribution in [1.82, 2.24) is 0 Å². The van der Waals surface area contributed by atoms with E-state index in [2.05, 4.69) is 11.0 Å². The lowest BCUT2D eigenvalue weighted by Crippen LogP contribution is -2.31. The van der Waals surface area contributed by atoms with Crippen LogP contribution < -0.4 is 14.2 Å². The van der Waals surface area contributed by atoms with Crippen LogP contribution in [0.5, 0.6) is 5.75 Å². The number of hydrogen-bond donors (Lipinski definition) is 1. The zero-order valence-electron chi connectivity index (χ0n) is 14.6. The summed E-state index contributed by atoms with van der Waals surface area (Å²) in [6.45, 7) is 0.481. The number of aryl methyl sites for hydroxylation is 1. The Labute approximate surface area is 157 Å². The minimum atomic E-state index is -3.97. The average molecular weight is 394 g/mol. The topological polar surface area (TPSA) is 70.7 Å². The van der Waals surface area contributed by atoms with Crippen molar-refractivity contribution < 1.29 is 22.3 Å². The lowest BCUT2D eigenvalue weighted by molar-refractivity contribution is -0.673. The smallest absolute Gasteiger partial charge is 0.264 e. The van der Waals surface area contributed by atoms with Crippen molar-refractivity contribution in [2.75, 3.05) is 24.3 Å². The van der Waals surface area contributed by atoms with Crippen LogP contribution in [-0.4, -0.2) is 32.4 Å². The Balaban J connectivity index is 1.94. The summed E-state index contributed by atoms with van der Waals surface area (Å²) in [5.41, 5.74) is 2.02. The number of pyridine rings is 1. The number of hydrogen-bond acceptors (Lipinski definition) is 5. The van der Waals surface area contributed by atoms with Crippen molar-refractivity contribution in [3.05, 3.63) is 53.3 Å². The van der Waals surface area contributed by atoms with Gasteiger partial charge in [-0.05, 0) is 24.6 Å². The van der Waals surface area contributed by atoms with E-state index in [0.717, 1.165) is 27.1 Å². The molecule has 0 amide bonds. The molecule has 6 nitrogen and oxygen atoms in total. The van der Waals surface area contributed by atoms with Crippen molar-refractivity contribution in [3.8, 4) is 5.75 Å². The summed E-state index contributed by atoms with van der Waals surface area (Å²) in [4.78, 5) is 3.16. The van der Waals surface area contributed by atoms with Gasteiger partial charge in [-0.25, -0.2) is 4.57 Å². The molecule has 0 aliphatic carbocycles. The molecule has 2 aromatic rings. The maximum absolute atomic E-state index is 11.1. The van der Waals surface area contributed by atoms with Crippen LogP contribution in [0.15, 0.2) is 52.5 Å². The van der Waals surface area contributed by atoms with Gasteiger partial charge in [-0.2, -0.15) is 8.42 Å². The molecule has 0 fully saturated rings. The van der Waals surface area contributed by atoms with Crippen LogP contribution in [0.4, 0.5) is 5.69 Å². The molecule has 0 saturated carbocycles. The SMILES string of the molecule is COc1ccc2c(c1)N(CCCS(=O)(=O)O)C(=Cc1cccc[n+]1C)S2. The Kier molecular flexibility index (Phi) is 5.55. The van der Waals surface area contributed by atoms with Crippen LogP contribution in [0.1, 0.15) is 12.1 Å². The molecule has 0 bridgehead atoms. The largest absolute Gasteiger partial charge is 0.497 e. The number of anilines is 1. The van der Waals surface area contributed by atoms with Gasteiger partial charge in [0.1, 0.15) is 12.8 Å². The molecule has 138 valence electrons. The molecule has 1 aliphatic heterocycles. The Morgan fingerprint density at radius 3 is 2.81 bits per heavy atom. The fourth-order valence-electron chi connectivity index (χ4n) is 2.76. The average Bonchev–Trinajstić information content (AvgIpc) is 2.92. The first kappa shape index (κ1) is 18.8. The quantitative estimate of drug-likeness (QED) is 0.601. The van der Waals surface area contributed by atoms with Crippen molar-refractivity contribution >= 4 is 33.6 Å². The number of methoxy groups -OCH3 is 1. The van der Waals surface area contributed by atoms with Gasteiger partial charge in [-0.3, -0.25) is 4.55 Å². The normalized spacial score (nSPS) is 15.3. The fraction of sp³-hybridized carbons (Fsp3) is 0.278. The Morgan fingerprint density at radius 1 is 1.31 bits per heavy atom. The fourth-order valence-corrected chi connectivity index (χ4v) is 4.37. The predicted octanol–water partition coefficient (Wildman–Crippen LogP) is 2.71. The van der Waals surface area contributed by atoms with Gasteiger partial charge in [0.25, 0.3) is 10.1 Å². The van der Waals surface area contributed by atoms with Gasteiger partial charge in [0, 0.05) is 35.7 Å². The highest BCUT2D eigenvalue weighted by atomic mass is 32.2. The van der Waals surface area contributed by atoms with E-state index in [1.165, 1.54) is 0 Å². The molecule has 0 radical (unpaired) electrons. The van der Waals surface area contributed by atoms with Gasteiger partial charge in [0.05, 0.1) is 23.6 Å². The number of fused-ring (bicyclic) bond motifs is 1. The first-order valence-corrected chi connectivity index (χ1v) is 10.5. The van der Waals surface area contributed by atoms with Crippen LogP contribution in [-0.2, 0) is 17.2 Å². The van der Waals surface area contributed by atoms with Crippen molar-refractivity contribution in [1.29, 1.82) is 0 Å². The van der Waals surface area contributed by atoms with Crippen molar-refractivity contribution in [3.63, 3.8) is 0 Å². The van der Waals surface area contributed by atoms with Crippen LogP contribution in [0.3, 0.4) is 0 Å². The van der Waals surface area contributed by atoms with Gasteiger partial charge in [-0.1, -0.05) is 11.8 Å². The van der Waals surface area contributed by atoms with Crippen LogP contribution >= 0.6 is 11.8 Å². The maximum atomic E-state index is 11.1. The Bertz CT molecular complexity index is 942. The van der Waals surface area contributed by atoms with E-state index in [9.17, 15) is 8.42 Å². The summed E-state index contributed by atoms with van der Waals surface area (Å²) < 4.78 is 38.5. The highest BCUT2D eigenvalue weighted by Crippen LogP contribution is 2.47. The zero-order valence-corrected chi connectivity index (χ0v) is 16.3. The minimum absolute atomic E-state index is 0.264. The number of benzene rings is 1. The van der Waals surface area contributed by atoms with E-state index < -0.39 is 10.1 Å². The number of nitrogens with zero attached hydrogens (tertiary/aromatic N) is 2. The number of rotatable bonds is 6. The number of thioether (sulfide) groups is 1. The minimum Gasteiger partial charge on any atom is -0.497 e. The molecule has 8 heteroatoms. The summed E-state index contributed by atoms with van der Waals surface area (Å²) in [6.07, 6.45) is 4.38. The highest BCUT2D eigenvalue weighted by Gasteiger charge is 2.26. The van der Waals surface area contributed by atoms with Crippen LogP contribution in [0, 0.1) is 0 Å². The highest BCUT2D eigenvalue weighted by molar-refractivity contribution is 8.03. The molecule has 0 atom stereocenters. The summed E-state index contributed by atoms with van der Waals surface area (Å²) >= 11 is 1.63. The molecule has 0 unspecified atom stereocenters. The van der Waals surface area contributed by atoms with E-state index in [1.807, 2.05) is 54.2 Å². The molecule has 1 aromatic carbocycles. The molecular weight excluding hydrogens is 372 g/mol. The van der Waals surface area contributed by atoms with Crippen molar-refractivity contribution in [2.24, 2.45) is 7.05 Å². The maximum Gasteiger partial charge on any atom is 0.264 e. The second-order valence-corrected chi connectivity index (χ2v) is 8.58. The first-order valence-electron chi connectivity index (χ1n) is 8.12. The lowest BCUT2D eigenvalue weighted by Gasteiger charge is -2.20. The van der Waals surface area contributed by atoms with E-state index in [1.54, 1.807) is 18.9 Å². The second kappa shape index (κ2) is 7.69. The van der Waals surface area contributed by atoms with Gasteiger partial charge in [-0.15, -0.1) is 0 Å². The monoisotopic (exact) mass is 393 g/mol. The lowest BCUT2D eigenvalue weighted by atomic mass is 10.2. The molecule has 0 saturated heterocycles. The molecule has 26 heavy (non-hydrogen) atoms. The summed E-state index contributed by atoms with van der Waals surface area (Å²) in [6, 6.07) is 11.8. The number of aromatic nitrogens is 1. The van der Waals surface area contributed by atoms with Crippen LogP contribution in [0.25, 0.3) is 6.08 Å². The van der Waals surface area contributed by atoms with Gasteiger partial charge in [0.15, 0.2) is 6.20 Å². The second-order valence-electron chi connectivity index (χ2n) is 5.95. The molecule has 1 N–H and O–H groups in total. The molecule has 1 aliphatic rings. The van der Waals surface area contributed by atoms with Crippen LogP contribution in [0.2, 0.25) is 0 Å². The predicted molar refractivity (Wildman–Crippen MR) is 103 cm³/mol. The summed E-state index contributed by atoms with van der Waals surface area (Å²) in [5, 5.41) is 1.00. The van der Waals surface area contributed by atoms with E-state index in [-0.39, 0.29) is 5.75 Å². The molecule has 2 heterocycles. The summed E-state index contributed by atoms with van der Waals surface area (Å²) in [7, 11) is -0.376. The molecular formula is C18H21N2O4S2+. The third kappa shape index (κ3) is 4.38. The van der Waals surface area contributed by atoms with Crippen molar-refractivity contribution in [2.45, 2.75) is 11.3 Å². The zero-order chi connectivity index (χ0) is 18.7. The van der Waals surface area contributed by atoms with Gasteiger partial charge >= 0.3 is 0 Å². The Hall–Kier alpha value is -2.03. The molecule has 3 rings (SSSR count). The third-order valence-corrected chi connectivity index (χ3v) is 6.00. The third-order valence-electron chi connectivity index (χ3n) is 4.09. The molecule has 0 spiro atoms. The van der Waals surface area contributed by atoms with Gasteiger partial charge < -0.3 is 9.64 Å². The van der Waals surface area contributed by atoms with Gasteiger partial charge in [0.2, 0.25) is 5.69 Å². The number of ether oxygens (including phenoxy) is 1. The summed E-state index contributed by atoms with van der Waals surface area (Å²) in [5.74, 6) is 0.482. The first-order chi connectivity index (χ1) is 12.4. The van der Waals surface area contributed by atoms with E-state index >= 15 is 0 Å². The Morgan fingerprint density at radius 2 is 2.12 bits per heavy atom. The van der Waals surface area contributed by atoms with E-state index in [4.69, 9.17) is 9.29 Å². The van der Waals surface area contributed by atoms with E-state index in [0.29, 0.717) is 13.0 Å².